The molecular weight excluding hydrogens is 426 g/mol. The van der Waals surface area contributed by atoms with Crippen LogP contribution >= 0.6 is 11.6 Å². The molecular formula is C25H24ClN3O3. The highest BCUT2D eigenvalue weighted by Gasteiger charge is 2.12. The molecule has 0 aliphatic rings. The summed E-state index contributed by atoms with van der Waals surface area (Å²) < 4.78 is 13.2. The molecule has 1 N–H and O–H groups in total. The van der Waals surface area contributed by atoms with Gasteiger partial charge < -0.3 is 19.4 Å². The van der Waals surface area contributed by atoms with Crippen LogP contribution in [0.2, 0.25) is 5.02 Å². The molecule has 164 valence electrons. The Kier molecular flexibility index (Phi) is 6.92. The largest absolute Gasteiger partial charge is 0.497 e. The Bertz CT molecular complexity index is 1200. The van der Waals surface area contributed by atoms with Crippen molar-refractivity contribution in [2.45, 2.75) is 13.0 Å². The zero-order valence-corrected chi connectivity index (χ0v) is 18.5. The van der Waals surface area contributed by atoms with Gasteiger partial charge in [0.1, 0.15) is 23.9 Å². The van der Waals surface area contributed by atoms with E-state index >= 15 is 0 Å². The van der Waals surface area contributed by atoms with Crippen molar-refractivity contribution >= 4 is 28.5 Å². The maximum Gasteiger partial charge on any atom is 0.251 e. The van der Waals surface area contributed by atoms with Crippen LogP contribution in [-0.4, -0.2) is 35.7 Å². The minimum atomic E-state index is -0.141. The van der Waals surface area contributed by atoms with Gasteiger partial charge in [-0.25, -0.2) is 4.98 Å². The van der Waals surface area contributed by atoms with Crippen molar-refractivity contribution in [3.05, 3.63) is 89.2 Å². The van der Waals surface area contributed by atoms with Crippen LogP contribution in [0.4, 0.5) is 0 Å². The first-order valence-corrected chi connectivity index (χ1v) is 10.8. The lowest BCUT2D eigenvalue weighted by molar-refractivity contribution is 0.0953. The van der Waals surface area contributed by atoms with Crippen molar-refractivity contribution in [1.29, 1.82) is 0 Å². The molecule has 0 unspecified atom stereocenters. The number of carbonyl (C=O) groups is 1. The Morgan fingerprint density at radius 3 is 2.66 bits per heavy atom. The molecule has 0 atom stereocenters. The van der Waals surface area contributed by atoms with Crippen LogP contribution in [0.25, 0.3) is 11.0 Å². The lowest BCUT2D eigenvalue weighted by atomic mass is 10.2. The summed E-state index contributed by atoms with van der Waals surface area (Å²) >= 11 is 5.93. The third-order valence-electron chi connectivity index (χ3n) is 5.10. The van der Waals surface area contributed by atoms with Crippen LogP contribution in [0.15, 0.2) is 72.8 Å². The van der Waals surface area contributed by atoms with Crippen molar-refractivity contribution in [3.8, 4) is 11.5 Å². The van der Waals surface area contributed by atoms with Gasteiger partial charge in [-0.15, -0.1) is 0 Å². The van der Waals surface area contributed by atoms with E-state index < -0.39 is 0 Å². The summed E-state index contributed by atoms with van der Waals surface area (Å²) in [6.07, 6.45) is 0.603. The van der Waals surface area contributed by atoms with Crippen molar-refractivity contribution in [1.82, 2.24) is 14.9 Å². The molecule has 0 radical (unpaired) electrons. The van der Waals surface area contributed by atoms with Crippen LogP contribution in [0.3, 0.4) is 0 Å². The lowest BCUT2D eigenvalue weighted by Crippen LogP contribution is -2.26. The number of ether oxygens (including phenoxy) is 2. The molecule has 0 fully saturated rings. The number of nitrogens with zero attached hydrogens (tertiary/aromatic N) is 2. The molecule has 1 amide bonds. The topological polar surface area (TPSA) is 65.4 Å². The van der Waals surface area contributed by atoms with Gasteiger partial charge in [0.05, 0.1) is 24.7 Å². The van der Waals surface area contributed by atoms with Gasteiger partial charge in [-0.2, -0.15) is 0 Å². The first-order valence-electron chi connectivity index (χ1n) is 10.4. The summed E-state index contributed by atoms with van der Waals surface area (Å²) in [5.74, 6) is 2.18. The molecule has 0 spiro atoms. The molecule has 0 aliphatic heterocycles. The molecule has 0 saturated carbocycles. The normalized spacial score (nSPS) is 10.8. The third kappa shape index (κ3) is 5.21. The Hall–Kier alpha value is -3.51. The second-order valence-electron chi connectivity index (χ2n) is 7.21. The summed E-state index contributed by atoms with van der Waals surface area (Å²) in [7, 11) is 1.58. The van der Waals surface area contributed by atoms with Crippen molar-refractivity contribution in [2.24, 2.45) is 0 Å². The van der Waals surface area contributed by atoms with Crippen LogP contribution in [0.5, 0.6) is 11.5 Å². The van der Waals surface area contributed by atoms with E-state index in [0.29, 0.717) is 42.5 Å². The van der Waals surface area contributed by atoms with Crippen molar-refractivity contribution in [2.75, 3.05) is 20.3 Å². The number of nitrogens with one attached hydrogen (secondary N) is 1. The molecule has 32 heavy (non-hydrogen) atoms. The minimum absolute atomic E-state index is 0.141. The fourth-order valence-electron chi connectivity index (χ4n) is 3.51. The summed E-state index contributed by atoms with van der Waals surface area (Å²) in [5, 5.41) is 3.64. The molecule has 7 heteroatoms. The SMILES string of the molecule is COc1cccc(C(=O)NCCc2nc3ccccc3n2CCOc2ccc(Cl)cc2)c1. The van der Waals surface area contributed by atoms with Crippen LogP contribution in [-0.2, 0) is 13.0 Å². The fraction of sp³-hybridized carbons (Fsp3) is 0.200. The van der Waals surface area contributed by atoms with Crippen LogP contribution in [0.1, 0.15) is 16.2 Å². The number of methoxy groups -OCH3 is 1. The van der Waals surface area contributed by atoms with Crippen molar-refractivity contribution < 1.29 is 14.3 Å². The minimum Gasteiger partial charge on any atom is -0.497 e. The molecule has 6 nitrogen and oxygen atoms in total. The maximum absolute atomic E-state index is 12.5. The Morgan fingerprint density at radius 2 is 1.84 bits per heavy atom. The summed E-state index contributed by atoms with van der Waals surface area (Å²) in [4.78, 5) is 17.3. The predicted octanol–water partition coefficient (Wildman–Crippen LogP) is 4.75. The zero-order chi connectivity index (χ0) is 22.3. The molecule has 4 rings (SSSR count). The number of aromatic nitrogens is 2. The highest BCUT2D eigenvalue weighted by Crippen LogP contribution is 2.18. The van der Waals surface area contributed by atoms with E-state index in [1.54, 1.807) is 37.4 Å². The van der Waals surface area contributed by atoms with Crippen molar-refractivity contribution in [3.63, 3.8) is 0 Å². The van der Waals surface area contributed by atoms with Gasteiger partial charge in [-0.3, -0.25) is 4.79 Å². The number of imidazole rings is 1. The van der Waals surface area contributed by atoms with Gasteiger partial charge in [0.2, 0.25) is 0 Å². The quantitative estimate of drug-likeness (QED) is 0.400. The Balaban J connectivity index is 1.41. The molecule has 0 aliphatic carbocycles. The number of benzene rings is 3. The number of fused-ring (bicyclic) bond motifs is 1. The van der Waals surface area contributed by atoms with E-state index in [1.165, 1.54) is 0 Å². The first kappa shape index (κ1) is 21.7. The van der Waals surface area contributed by atoms with Gasteiger partial charge in [0.15, 0.2) is 0 Å². The average molecular weight is 450 g/mol. The smallest absolute Gasteiger partial charge is 0.251 e. The standard InChI is InChI=1S/C25H24ClN3O3/c1-31-21-6-4-5-18(17-21)25(30)27-14-13-24-28-22-7-2-3-8-23(22)29(24)15-16-32-20-11-9-19(26)10-12-20/h2-12,17H,13-16H2,1H3,(H,27,30). The fourth-order valence-corrected chi connectivity index (χ4v) is 3.63. The third-order valence-corrected chi connectivity index (χ3v) is 5.35. The molecule has 0 bridgehead atoms. The van der Waals surface area contributed by atoms with E-state index in [4.69, 9.17) is 26.1 Å². The van der Waals surface area contributed by atoms with E-state index in [-0.39, 0.29) is 5.91 Å². The van der Waals surface area contributed by atoms with Crippen LogP contribution < -0.4 is 14.8 Å². The summed E-state index contributed by atoms with van der Waals surface area (Å²) in [6.45, 7) is 1.60. The van der Waals surface area contributed by atoms with E-state index in [9.17, 15) is 4.79 Å². The van der Waals surface area contributed by atoms with Gasteiger partial charge in [-0.05, 0) is 54.6 Å². The molecule has 1 heterocycles. The summed E-state index contributed by atoms with van der Waals surface area (Å²) in [5.41, 5.74) is 2.53. The number of carbonyl (C=O) groups excluding carboxylic acids is 1. The second-order valence-corrected chi connectivity index (χ2v) is 7.65. The van der Waals surface area contributed by atoms with E-state index in [2.05, 4.69) is 9.88 Å². The lowest BCUT2D eigenvalue weighted by Gasteiger charge is -2.11. The second kappa shape index (κ2) is 10.2. The monoisotopic (exact) mass is 449 g/mol. The van der Waals surface area contributed by atoms with Gasteiger partial charge in [0, 0.05) is 23.6 Å². The number of hydrogen-bond donors (Lipinski definition) is 1. The molecule has 0 saturated heterocycles. The predicted molar refractivity (Wildman–Crippen MR) is 126 cm³/mol. The first-order chi connectivity index (χ1) is 15.6. The molecule has 1 aromatic heterocycles. The van der Waals surface area contributed by atoms with Gasteiger partial charge >= 0.3 is 0 Å². The Morgan fingerprint density at radius 1 is 1.03 bits per heavy atom. The van der Waals surface area contributed by atoms with Gasteiger partial charge in [-0.1, -0.05) is 29.8 Å². The zero-order valence-electron chi connectivity index (χ0n) is 17.8. The van der Waals surface area contributed by atoms with E-state index in [0.717, 1.165) is 22.6 Å². The highest BCUT2D eigenvalue weighted by molar-refractivity contribution is 6.30. The molecule has 3 aromatic carbocycles. The number of para-hydroxylation sites is 2. The van der Waals surface area contributed by atoms with E-state index in [1.807, 2.05) is 42.5 Å². The number of hydrogen-bond acceptors (Lipinski definition) is 4. The van der Waals surface area contributed by atoms with Gasteiger partial charge in [0.25, 0.3) is 5.91 Å². The highest BCUT2D eigenvalue weighted by atomic mass is 35.5. The summed E-state index contributed by atoms with van der Waals surface area (Å²) in [6, 6.07) is 22.4. The number of amides is 1. The Labute approximate surface area is 191 Å². The van der Waals surface area contributed by atoms with Crippen LogP contribution in [0, 0.1) is 0 Å². The maximum atomic E-state index is 12.5. The number of rotatable bonds is 9. The average Bonchev–Trinajstić information content (AvgIpc) is 3.17. The molecule has 4 aromatic rings. The number of halogens is 1.